The molecular formula is C17H18N4O. The van der Waals surface area contributed by atoms with Crippen molar-refractivity contribution >= 4 is 0 Å². The van der Waals surface area contributed by atoms with E-state index in [2.05, 4.69) is 10.2 Å². The second-order valence-electron chi connectivity index (χ2n) is 4.78. The molecule has 2 N–H and O–H groups in total. The normalized spacial score (nSPS) is 10.6. The van der Waals surface area contributed by atoms with Gasteiger partial charge in [0.2, 0.25) is 0 Å². The molecule has 0 unspecified atom stereocenters. The second kappa shape index (κ2) is 6.41. The molecule has 0 aliphatic carbocycles. The Morgan fingerprint density at radius 1 is 1.00 bits per heavy atom. The highest BCUT2D eigenvalue weighted by molar-refractivity contribution is 5.61. The summed E-state index contributed by atoms with van der Waals surface area (Å²) >= 11 is 0. The first-order valence-electron chi connectivity index (χ1n) is 7.26. The topological polar surface area (TPSA) is 66.0 Å². The van der Waals surface area contributed by atoms with E-state index in [9.17, 15) is 0 Å². The van der Waals surface area contributed by atoms with Crippen molar-refractivity contribution in [3.8, 4) is 22.7 Å². The number of ether oxygens (including phenoxy) is 1. The molecule has 0 bridgehead atoms. The average molecular weight is 294 g/mol. The number of nitrogens with zero attached hydrogens (tertiary/aromatic N) is 3. The van der Waals surface area contributed by atoms with Crippen LogP contribution in [0.2, 0.25) is 0 Å². The predicted molar refractivity (Wildman–Crippen MR) is 85.9 cm³/mol. The maximum atomic E-state index is 5.81. The van der Waals surface area contributed by atoms with E-state index in [0.29, 0.717) is 13.2 Å². The van der Waals surface area contributed by atoms with Gasteiger partial charge in [0.25, 0.3) is 0 Å². The van der Waals surface area contributed by atoms with E-state index < -0.39 is 0 Å². The number of hydrogen-bond donors (Lipinski definition) is 1. The molecule has 5 nitrogen and oxygen atoms in total. The van der Waals surface area contributed by atoms with Crippen LogP contribution >= 0.6 is 0 Å². The van der Waals surface area contributed by atoms with E-state index in [0.717, 1.165) is 28.4 Å². The fraction of sp³-hybridized carbons (Fsp3) is 0.176. The third-order valence-corrected chi connectivity index (χ3v) is 3.30. The summed E-state index contributed by atoms with van der Waals surface area (Å²) in [7, 11) is 0. The molecule has 3 aromatic rings. The Morgan fingerprint density at radius 2 is 1.73 bits per heavy atom. The molecule has 0 aliphatic rings. The van der Waals surface area contributed by atoms with Crippen molar-refractivity contribution in [3.05, 3.63) is 60.3 Å². The van der Waals surface area contributed by atoms with E-state index in [4.69, 9.17) is 10.5 Å². The van der Waals surface area contributed by atoms with Crippen molar-refractivity contribution in [1.29, 1.82) is 0 Å². The van der Waals surface area contributed by atoms with Crippen molar-refractivity contribution < 1.29 is 4.74 Å². The summed E-state index contributed by atoms with van der Waals surface area (Å²) < 4.78 is 5.45. The quantitative estimate of drug-likeness (QED) is 0.786. The van der Waals surface area contributed by atoms with E-state index in [1.807, 2.05) is 61.5 Å². The molecule has 0 radical (unpaired) electrons. The fourth-order valence-corrected chi connectivity index (χ4v) is 2.25. The van der Waals surface area contributed by atoms with E-state index in [-0.39, 0.29) is 0 Å². The van der Waals surface area contributed by atoms with Crippen molar-refractivity contribution in [2.24, 2.45) is 5.73 Å². The van der Waals surface area contributed by atoms with E-state index >= 15 is 0 Å². The maximum absolute atomic E-state index is 5.81. The molecule has 3 rings (SSSR count). The summed E-state index contributed by atoms with van der Waals surface area (Å²) in [5, 5.41) is 9.07. The molecular weight excluding hydrogens is 276 g/mol. The van der Waals surface area contributed by atoms with Gasteiger partial charge < -0.3 is 10.5 Å². The Kier molecular flexibility index (Phi) is 4.16. The summed E-state index contributed by atoms with van der Waals surface area (Å²) in [5.74, 6) is 0.834. The molecule has 0 atom stereocenters. The number of nitrogens with two attached hydrogens (primary N) is 1. The van der Waals surface area contributed by atoms with Gasteiger partial charge in [-0.3, -0.25) is 0 Å². The van der Waals surface area contributed by atoms with Crippen LogP contribution in [0.25, 0.3) is 16.9 Å². The summed E-state index contributed by atoms with van der Waals surface area (Å²) in [6.45, 7) is 2.96. The summed E-state index contributed by atoms with van der Waals surface area (Å²) in [5.41, 5.74) is 9.29. The molecule has 1 heterocycles. The molecule has 22 heavy (non-hydrogen) atoms. The molecule has 1 aromatic heterocycles. The maximum Gasteiger partial charge on any atom is 0.119 e. The Hall–Kier alpha value is -2.66. The van der Waals surface area contributed by atoms with Crippen molar-refractivity contribution in [2.45, 2.75) is 13.5 Å². The highest BCUT2D eigenvalue weighted by Gasteiger charge is 2.12. The van der Waals surface area contributed by atoms with Gasteiger partial charge in [0, 0.05) is 12.1 Å². The van der Waals surface area contributed by atoms with Crippen LogP contribution in [0.5, 0.6) is 5.75 Å². The van der Waals surface area contributed by atoms with Gasteiger partial charge in [0.15, 0.2) is 0 Å². The standard InChI is InChI=1S/C17H18N4O/c1-2-22-15-10-8-14(9-11-15)21-19-16(12-18)17(20-21)13-6-4-3-5-7-13/h3-11H,2,12,18H2,1H3. The van der Waals surface area contributed by atoms with Crippen LogP contribution in [0.3, 0.4) is 0 Å². The van der Waals surface area contributed by atoms with Crippen LogP contribution in [0.4, 0.5) is 0 Å². The van der Waals surface area contributed by atoms with Gasteiger partial charge in [-0.2, -0.15) is 9.90 Å². The minimum absolute atomic E-state index is 0.348. The molecule has 0 aliphatic heterocycles. The first-order chi connectivity index (χ1) is 10.8. The van der Waals surface area contributed by atoms with Gasteiger partial charge in [-0.1, -0.05) is 30.3 Å². The van der Waals surface area contributed by atoms with Gasteiger partial charge in [-0.05, 0) is 31.2 Å². The third kappa shape index (κ3) is 2.84. The molecule has 0 fully saturated rings. The largest absolute Gasteiger partial charge is 0.494 e. The van der Waals surface area contributed by atoms with Gasteiger partial charge in [-0.25, -0.2) is 0 Å². The van der Waals surface area contributed by atoms with Crippen LogP contribution in [-0.2, 0) is 6.54 Å². The van der Waals surface area contributed by atoms with E-state index in [1.54, 1.807) is 4.80 Å². The van der Waals surface area contributed by atoms with Crippen molar-refractivity contribution in [3.63, 3.8) is 0 Å². The fourth-order valence-electron chi connectivity index (χ4n) is 2.25. The van der Waals surface area contributed by atoms with Crippen LogP contribution < -0.4 is 10.5 Å². The van der Waals surface area contributed by atoms with Crippen molar-refractivity contribution in [1.82, 2.24) is 15.0 Å². The zero-order chi connectivity index (χ0) is 15.4. The monoisotopic (exact) mass is 294 g/mol. The molecule has 5 heteroatoms. The van der Waals surface area contributed by atoms with Crippen molar-refractivity contribution in [2.75, 3.05) is 6.61 Å². The smallest absolute Gasteiger partial charge is 0.119 e. The predicted octanol–water partition coefficient (Wildman–Crippen LogP) is 2.79. The number of aromatic nitrogens is 3. The lowest BCUT2D eigenvalue weighted by Crippen LogP contribution is -2.02. The minimum Gasteiger partial charge on any atom is -0.494 e. The Bertz CT molecular complexity index is 735. The van der Waals surface area contributed by atoms with Crippen LogP contribution in [-0.4, -0.2) is 21.6 Å². The summed E-state index contributed by atoms with van der Waals surface area (Å²) in [6, 6.07) is 17.6. The molecule has 0 amide bonds. The Morgan fingerprint density at radius 3 is 2.36 bits per heavy atom. The zero-order valence-electron chi connectivity index (χ0n) is 12.4. The number of rotatable bonds is 5. The molecule has 112 valence electrons. The van der Waals surface area contributed by atoms with Crippen LogP contribution in [0.1, 0.15) is 12.6 Å². The third-order valence-electron chi connectivity index (χ3n) is 3.30. The lowest BCUT2D eigenvalue weighted by molar-refractivity contribution is 0.340. The first kappa shape index (κ1) is 14.3. The Labute approximate surface area is 129 Å². The lowest BCUT2D eigenvalue weighted by atomic mass is 10.1. The second-order valence-corrected chi connectivity index (χ2v) is 4.78. The lowest BCUT2D eigenvalue weighted by Gasteiger charge is -2.04. The molecule has 0 saturated heterocycles. The van der Waals surface area contributed by atoms with Gasteiger partial charge in [0.1, 0.15) is 17.1 Å². The average Bonchev–Trinajstić information content (AvgIpc) is 3.01. The zero-order valence-corrected chi connectivity index (χ0v) is 12.4. The highest BCUT2D eigenvalue weighted by Crippen LogP contribution is 2.21. The Balaban J connectivity index is 1.97. The number of hydrogen-bond acceptors (Lipinski definition) is 4. The summed E-state index contributed by atoms with van der Waals surface area (Å²) in [6.07, 6.45) is 0. The van der Waals surface area contributed by atoms with Gasteiger partial charge >= 0.3 is 0 Å². The highest BCUT2D eigenvalue weighted by atomic mass is 16.5. The SMILES string of the molecule is CCOc1ccc(-n2nc(CN)c(-c3ccccc3)n2)cc1. The van der Waals surface area contributed by atoms with E-state index in [1.165, 1.54) is 0 Å². The first-order valence-corrected chi connectivity index (χ1v) is 7.26. The molecule has 2 aromatic carbocycles. The van der Waals surface area contributed by atoms with Gasteiger partial charge in [-0.15, -0.1) is 5.10 Å². The molecule has 0 spiro atoms. The number of benzene rings is 2. The summed E-state index contributed by atoms with van der Waals surface area (Å²) in [4.78, 5) is 1.61. The van der Waals surface area contributed by atoms with Crippen LogP contribution in [0.15, 0.2) is 54.6 Å². The molecule has 0 saturated carbocycles. The van der Waals surface area contributed by atoms with Crippen LogP contribution in [0, 0.1) is 0 Å². The van der Waals surface area contributed by atoms with Gasteiger partial charge in [0.05, 0.1) is 12.3 Å². The minimum atomic E-state index is 0.348.